The van der Waals surface area contributed by atoms with Crippen LogP contribution in [0.15, 0.2) is 48.5 Å². The van der Waals surface area contributed by atoms with Crippen LogP contribution in [-0.2, 0) is 12.0 Å². The molecule has 0 bridgehead atoms. The summed E-state index contributed by atoms with van der Waals surface area (Å²) >= 11 is 0. The largest absolute Gasteiger partial charge is 0.493 e. The van der Waals surface area contributed by atoms with Crippen molar-refractivity contribution in [1.82, 2.24) is 0 Å². The van der Waals surface area contributed by atoms with Gasteiger partial charge in [-0.1, -0.05) is 48.5 Å². The van der Waals surface area contributed by atoms with E-state index in [-0.39, 0.29) is 0 Å². The average Bonchev–Trinajstić information content (AvgIpc) is 2.87. The van der Waals surface area contributed by atoms with Gasteiger partial charge >= 0.3 is 0 Å². The van der Waals surface area contributed by atoms with Crippen LogP contribution < -0.4 is 4.74 Å². The fourth-order valence-corrected chi connectivity index (χ4v) is 2.52. The minimum Gasteiger partial charge on any atom is -0.493 e. The molecule has 0 saturated heterocycles. The number of fused-ring (bicyclic) bond motifs is 1. The second kappa shape index (κ2) is 4.14. The molecule has 2 heteroatoms. The van der Waals surface area contributed by atoms with Crippen molar-refractivity contribution in [3.05, 3.63) is 65.2 Å². The lowest BCUT2D eigenvalue weighted by atomic mass is 9.86. The van der Waals surface area contributed by atoms with Crippen molar-refractivity contribution < 1.29 is 9.84 Å². The predicted molar refractivity (Wildman–Crippen MR) is 70.8 cm³/mol. The molecule has 1 aliphatic heterocycles. The second-order valence-electron chi connectivity index (χ2n) is 4.83. The summed E-state index contributed by atoms with van der Waals surface area (Å²) in [7, 11) is 0. The highest BCUT2D eigenvalue weighted by molar-refractivity contribution is 5.50. The van der Waals surface area contributed by atoms with E-state index in [1.165, 1.54) is 5.56 Å². The third kappa shape index (κ3) is 1.70. The molecule has 0 fully saturated rings. The lowest BCUT2D eigenvalue weighted by Crippen LogP contribution is -2.23. The molecule has 0 amide bonds. The molecule has 0 aromatic heterocycles. The smallest absolute Gasteiger partial charge is 0.129 e. The lowest BCUT2D eigenvalue weighted by molar-refractivity contribution is 0.0988. The molecule has 92 valence electrons. The summed E-state index contributed by atoms with van der Waals surface area (Å²) in [4.78, 5) is 0. The maximum Gasteiger partial charge on any atom is 0.129 e. The summed E-state index contributed by atoms with van der Waals surface area (Å²) in [5.74, 6) is 0.853. The standard InChI is InChI=1S/C16H16O2/c1-16(17,13-7-3-2-4-8-13)14-9-5-6-12-10-11-18-15(12)14/h2-9,17H,10-11H2,1H3. The molecule has 0 spiro atoms. The number of para-hydroxylation sites is 1. The summed E-state index contributed by atoms with van der Waals surface area (Å²) in [6.07, 6.45) is 0.925. The van der Waals surface area contributed by atoms with Gasteiger partial charge in [0.25, 0.3) is 0 Å². The first-order valence-corrected chi connectivity index (χ1v) is 6.22. The molecule has 1 aliphatic rings. The van der Waals surface area contributed by atoms with Crippen molar-refractivity contribution in [2.24, 2.45) is 0 Å². The third-order valence-electron chi connectivity index (χ3n) is 3.57. The van der Waals surface area contributed by atoms with Gasteiger partial charge in [-0.25, -0.2) is 0 Å². The lowest BCUT2D eigenvalue weighted by Gasteiger charge is -2.26. The molecule has 0 radical (unpaired) electrons. The third-order valence-corrected chi connectivity index (χ3v) is 3.57. The molecule has 2 nitrogen and oxygen atoms in total. The van der Waals surface area contributed by atoms with Crippen molar-refractivity contribution in [2.45, 2.75) is 18.9 Å². The van der Waals surface area contributed by atoms with Gasteiger partial charge in [0.1, 0.15) is 11.4 Å². The highest BCUT2D eigenvalue weighted by atomic mass is 16.5. The minimum absolute atomic E-state index is 0.706. The van der Waals surface area contributed by atoms with Gasteiger partial charge in [-0.05, 0) is 18.1 Å². The van der Waals surface area contributed by atoms with Crippen LogP contribution >= 0.6 is 0 Å². The molecule has 2 aromatic rings. The fourth-order valence-electron chi connectivity index (χ4n) is 2.52. The Hall–Kier alpha value is -1.80. The number of benzene rings is 2. The number of ether oxygens (including phenoxy) is 1. The van der Waals surface area contributed by atoms with Gasteiger partial charge in [0.15, 0.2) is 0 Å². The molecule has 3 rings (SSSR count). The molecule has 2 aromatic carbocycles. The van der Waals surface area contributed by atoms with Crippen molar-refractivity contribution in [1.29, 1.82) is 0 Å². The van der Waals surface area contributed by atoms with Gasteiger partial charge in [-0.2, -0.15) is 0 Å². The zero-order valence-electron chi connectivity index (χ0n) is 10.4. The van der Waals surface area contributed by atoms with E-state index in [9.17, 15) is 5.11 Å². The van der Waals surface area contributed by atoms with Gasteiger partial charge in [-0.3, -0.25) is 0 Å². The number of rotatable bonds is 2. The van der Waals surface area contributed by atoms with E-state index >= 15 is 0 Å². The van der Waals surface area contributed by atoms with Gasteiger partial charge in [0.05, 0.1) is 6.61 Å². The second-order valence-corrected chi connectivity index (χ2v) is 4.83. The van der Waals surface area contributed by atoms with Crippen LogP contribution in [0, 0.1) is 0 Å². The van der Waals surface area contributed by atoms with Crippen molar-refractivity contribution in [3.63, 3.8) is 0 Å². The Labute approximate surface area is 107 Å². The molecule has 1 heterocycles. The Morgan fingerprint density at radius 1 is 1.06 bits per heavy atom. The first-order valence-electron chi connectivity index (χ1n) is 6.22. The first kappa shape index (κ1) is 11.3. The van der Waals surface area contributed by atoms with Crippen LogP contribution in [0.2, 0.25) is 0 Å². The number of aliphatic hydroxyl groups is 1. The van der Waals surface area contributed by atoms with Gasteiger partial charge in [0.2, 0.25) is 0 Å². The Morgan fingerprint density at radius 2 is 1.83 bits per heavy atom. The van der Waals surface area contributed by atoms with E-state index in [2.05, 4.69) is 6.07 Å². The molecule has 1 unspecified atom stereocenters. The summed E-state index contributed by atoms with van der Waals surface area (Å²) in [6.45, 7) is 2.52. The molecule has 0 aliphatic carbocycles. The molecular formula is C16H16O2. The zero-order chi connectivity index (χ0) is 12.6. The van der Waals surface area contributed by atoms with E-state index in [0.29, 0.717) is 6.61 Å². The zero-order valence-corrected chi connectivity index (χ0v) is 10.4. The number of hydrogen-bond donors (Lipinski definition) is 1. The first-order chi connectivity index (χ1) is 8.69. The highest BCUT2D eigenvalue weighted by Crippen LogP contribution is 2.39. The van der Waals surface area contributed by atoms with E-state index in [0.717, 1.165) is 23.3 Å². The Balaban J connectivity index is 2.13. The minimum atomic E-state index is -1.02. The highest BCUT2D eigenvalue weighted by Gasteiger charge is 2.31. The summed E-state index contributed by atoms with van der Waals surface area (Å²) in [5, 5.41) is 10.8. The monoisotopic (exact) mass is 240 g/mol. The normalized spacial score (nSPS) is 16.8. The molecule has 1 N–H and O–H groups in total. The van der Waals surface area contributed by atoms with Crippen LogP contribution in [-0.4, -0.2) is 11.7 Å². The maximum absolute atomic E-state index is 10.8. The quantitative estimate of drug-likeness (QED) is 0.874. The van der Waals surface area contributed by atoms with E-state index < -0.39 is 5.60 Å². The van der Waals surface area contributed by atoms with Crippen molar-refractivity contribution in [3.8, 4) is 5.75 Å². The molecular weight excluding hydrogens is 224 g/mol. The van der Waals surface area contributed by atoms with Crippen molar-refractivity contribution >= 4 is 0 Å². The van der Waals surface area contributed by atoms with Crippen LogP contribution in [0.3, 0.4) is 0 Å². The van der Waals surface area contributed by atoms with E-state index in [1.54, 1.807) is 0 Å². The van der Waals surface area contributed by atoms with Crippen molar-refractivity contribution in [2.75, 3.05) is 6.61 Å². The SMILES string of the molecule is CC(O)(c1ccccc1)c1cccc2c1OCC2. The van der Waals surface area contributed by atoms with E-state index in [1.807, 2.05) is 49.4 Å². The Kier molecular flexibility index (Phi) is 2.60. The Morgan fingerprint density at radius 3 is 2.61 bits per heavy atom. The average molecular weight is 240 g/mol. The summed E-state index contributed by atoms with van der Waals surface area (Å²) in [5.41, 5.74) is 1.90. The van der Waals surface area contributed by atoms with Crippen LogP contribution in [0.1, 0.15) is 23.6 Å². The summed E-state index contributed by atoms with van der Waals surface area (Å²) < 4.78 is 5.68. The van der Waals surface area contributed by atoms with Gasteiger partial charge in [-0.15, -0.1) is 0 Å². The Bertz CT molecular complexity index is 559. The van der Waals surface area contributed by atoms with Crippen LogP contribution in [0.5, 0.6) is 5.75 Å². The van der Waals surface area contributed by atoms with E-state index in [4.69, 9.17) is 4.74 Å². The predicted octanol–water partition coefficient (Wildman–Crippen LogP) is 2.88. The van der Waals surface area contributed by atoms with Gasteiger partial charge < -0.3 is 9.84 Å². The molecule has 1 atom stereocenters. The topological polar surface area (TPSA) is 29.5 Å². The van der Waals surface area contributed by atoms with Crippen LogP contribution in [0.4, 0.5) is 0 Å². The van der Waals surface area contributed by atoms with Crippen LogP contribution in [0.25, 0.3) is 0 Å². The molecule has 18 heavy (non-hydrogen) atoms. The summed E-state index contributed by atoms with van der Waals surface area (Å²) in [6, 6.07) is 15.7. The molecule has 0 saturated carbocycles. The maximum atomic E-state index is 10.8. The van der Waals surface area contributed by atoms with Gasteiger partial charge in [0, 0.05) is 12.0 Å². The number of hydrogen-bond acceptors (Lipinski definition) is 2. The fraction of sp³-hybridized carbons (Fsp3) is 0.250.